The van der Waals surface area contributed by atoms with Crippen LogP contribution in [0.5, 0.6) is 0 Å². The number of allylic oxidation sites excluding steroid dienone is 1. The first-order chi connectivity index (χ1) is 10.3. The second kappa shape index (κ2) is 4.92. The van der Waals surface area contributed by atoms with Crippen molar-refractivity contribution in [2.24, 2.45) is 10.9 Å². The minimum atomic E-state index is 0.272. The van der Waals surface area contributed by atoms with Crippen LogP contribution in [0.4, 0.5) is 5.69 Å². The molecule has 0 aromatic heterocycles. The Labute approximate surface area is 125 Å². The zero-order chi connectivity index (χ0) is 14.3. The van der Waals surface area contributed by atoms with Crippen LogP contribution in [0.1, 0.15) is 37.7 Å². The molecule has 2 heterocycles. The molecule has 4 rings (SSSR count). The van der Waals surface area contributed by atoms with Crippen LogP contribution >= 0.6 is 0 Å². The van der Waals surface area contributed by atoms with Crippen molar-refractivity contribution in [2.75, 3.05) is 6.54 Å². The zero-order valence-electron chi connectivity index (χ0n) is 12.3. The Morgan fingerprint density at radius 3 is 2.86 bits per heavy atom. The molecule has 1 unspecified atom stereocenters. The molecule has 108 valence electrons. The molecule has 3 heteroatoms. The second-order valence-electron chi connectivity index (χ2n) is 6.52. The van der Waals surface area contributed by atoms with E-state index in [4.69, 9.17) is 0 Å². The first-order valence-electron chi connectivity index (χ1n) is 8.02. The topological polar surface area (TPSA) is 29.4 Å². The van der Waals surface area contributed by atoms with Crippen LogP contribution in [0, 0.1) is 5.92 Å². The van der Waals surface area contributed by atoms with E-state index >= 15 is 0 Å². The number of hydrogen-bond donors (Lipinski definition) is 0. The highest BCUT2D eigenvalue weighted by molar-refractivity contribution is 5.94. The van der Waals surface area contributed by atoms with Crippen LogP contribution < -0.4 is 4.48 Å². The van der Waals surface area contributed by atoms with Crippen molar-refractivity contribution in [3.05, 3.63) is 41.7 Å². The maximum atomic E-state index is 12.8. The van der Waals surface area contributed by atoms with Crippen molar-refractivity contribution < 1.29 is 4.79 Å². The summed E-state index contributed by atoms with van der Waals surface area (Å²) in [4.78, 5) is 17.2. The average Bonchev–Trinajstić information content (AvgIpc) is 3.04. The maximum absolute atomic E-state index is 12.8. The highest BCUT2D eigenvalue weighted by atomic mass is 16.1. The van der Waals surface area contributed by atoms with Crippen LogP contribution in [-0.4, -0.2) is 18.7 Å². The Hall–Kier alpha value is -1.74. The fraction of sp³-hybridized carbons (Fsp3) is 0.444. The average molecular weight is 281 g/mol. The first-order valence-corrected chi connectivity index (χ1v) is 8.02. The summed E-state index contributed by atoms with van der Waals surface area (Å²) in [6, 6.07) is 8.48. The molecule has 1 aromatic rings. The van der Waals surface area contributed by atoms with E-state index in [0.29, 0.717) is 16.8 Å². The van der Waals surface area contributed by atoms with Crippen molar-refractivity contribution in [2.45, 2.75) is 38.5 Å². The standard InChI is InChI=1S/C18H21N2O/c21-18(14-6-2-1-3-7-14)12-20-13-19-11-16(20)10-15-8-4-5-9-17(15)20/h4-5,8-9,11,13-14H,1-3,6-7,10,12H2/q+1. The molecule has 0 bridgehead atoms. The Bertz CT molecular complexity index is 640. The van der Waals surface area contributed by atoms with Crippen molar-refractivity contribution in [1.82, 2.24) is 4.48 Å². The highest BCUT2D eigenvalue weighted by Gasteiger charge is 2.47. The number of ketones is 1. The largest absolute Gasteiger partial charge is 0.293 e. The van der Waals surface area contributed by atoms with Crippen molar-refractivity contribution in [1.29, 1.82) is 0 Å². The van der Waals surface area contributed by atoms with Crippen LogP contribution in [0.15, 0.2) is 41.2 Å². The number of fused-ring (bicyclic) bond motifs is 3. The van der Waals surface area contributed by atoms with E-state index in [1.807, 2.05) is 12.5 Å². The molecule has 0 N–H and O–H groups in total. The molecular weight excluding hydrogens is 260 g/mol. The maximum Gasteiger partial charge on any atom is 0.200 e. The van der Waals surface area contributed by atoms with Crippen LogP contribution in [0.2, 0.25) is 0 Å². The van der Waals surface area contributed by atoms with Gasteiger partial charge in [-0.1, -0.05) is 37.5 Å². The van der Waals surface area contributed by atoms with E-state index in [0.717, 1.165) is 19.3 Å². The van der Waals surface area contributed by atoms with Crippen LogP contribution in [-0.2, 0) is 11.2 Å². The summed E-state index contributed by atoms with van der Waals surface area (Å²) in [5, 5.41) is 0. The lowest BCUT2D eigenvalue weighted by Crippen LogP contribution is -2.48. The Kier molecular flexibility index (Phi) is 3.03. The van der Waals surface area contributed by atoms with Gasteiger partial charge in [-0.15, -0.1) is 0 Å². The third-order valence-electron chi connectivity index (χ3n) is 5.26. The minimum Gasteiger partial charge on any atom is -0.293 e. The van der Waals surface area contributed by atoms with Gasteiger partial charge in [-0.05, 0) is 12.8 Å². The molecule has 1 saturated carbocycles. The molecule has 3 aliphatic rings. The molecule has 1 aromatic carbocycles. The molecule has 0 saturated heterocycles. The number of nitrogens with zero attached hydrogens (tertiary/aromatic N) is 2. The Morgan fingerprint density at radius 2 is 2.00 bits per heavy atom. The molecule has 0 amide bonds. The lowest BCUT2D eigenvalue weighted by molar-refractivity contribution is -0.123. The Balaban J connectivity index is 1.65. The van der Waals surface area contributed by atoms with Gasteiger partial charge in [0.25, 0.3) is 0 Å². The summed E-state index contributed by atoms with van der Waals surface area (Å²) in [6.07, 6.45) is 10.7. The molecule has 0 radical (unpaired) electrons. The van der Waals surface area contributed by atoms with Gasteiger partial charge in [0, 0.05) is 17.5 Å². The van der Waals surface area contributed by atoms with Crippen molar-refractivity contribution in [3.63, 3.8) is 0 Å². The smallest absolute Gasteiger partial charge is 0.200 e. The fourth-order valence-electron chi connectivity index (χ4n) is 4.09. The predicted molar refractivity (Wildman–Crippen MR) is 85.0 cm³/mol. The number of Topliss-reactive ketones (excluding diaryl/α,β-unsaturated/α-hetero) is 1. The molecule has 21 heavy (non-hydrogen) atoms. The summed E-state index contributed by atoms with van der Waals surface area (Å²) in [5.74, 6) is 0.694. The lowest BCUT2D eigenvalue weighted by Gasteiger charge is -2.29. The van der Waals surface area contributed by atoms with Gasteiger partial charge in [-0.25, -0.2) is 9.48 Å². The van der Waals surface area contributed by atoms with Crippen molar-refractivity contribution >= 4 is 17.8 Å². The van der Waals surface area contributed by atoms with Gasteiger partial charge in [-0.2, -0.15) is 0 Å². The zero-order valence-corrected chi connectivity index (χ0v) is 12.3. The molecule has 1 fully saturated rings. The third kappa shape index (κ3) is 1.99. The van der Waals surface area contributed by atoms with Gasteiger partial charge < -0.3 is 0 Å². The molecule has 1 aliphatic carbocycles. The molecule has 3 nitrogen and oxygen atoms in total. The number of quaternary nitrogens is 1. The summed E-state index contributed by atoms with van der Waals surface area (Å²) < 4.78 is 0.561. The van der Waals surface area contributed by atoms with Gasteiger partial charge in [0.1, 0.15) is 11.4 Å². The van der Waals surface area contributed by atoms with Crippen LogP contribution in [0.3, 0.4) is 0 Å². The third-order valence-corrected chi connectivity index (χ3v) is 5.26. The summed E-state index contributed by atoms with van der Waals surface area (Å²) in [5.41, 5.74) is 3.83. The van der Waals surface area contributed by atoms with E-state index in [1.54, 1.807) is 0 Å². The number of aliphatic imine (C=N–C) groups is 1. The van der Waals surface area contributed by atoms with Crippen LogP contribution in [0.25, 0.3) is 0 Å². The lowest BCUT2D eigenvalue weighted by atomic mass is 9.86. The first kappa shape index (κ1) is 13.0. The second-order valence-corrected chi connectivity index (χ2v) is 6.52. The van der Waals surface area contributed by atoms with E-state index in [2.05, 4.69) is 29.3 Å². The summed E-state index contributed by atoms with van der Waals surface area (Å²) in [6.45, 7) is 0.553. The SMILES string of the molecule is O=C(C[N+]12C=NC=C1Cc1ccccc12)C1CCCCC1. The normalized spacial score (nSPS) is 27.3. The van der Waals surface area contributed by atoms with E-state index in [9.17, 15) is 4.79 Å². The number of rotatable bonds is 3. The van der Waals surface area contributed by atoms with E-state index < -0.39 is 0 Å². The predicted octanol–water partition coefficient (Wildman–Crippen LogP) is 3.58. The number of hydrogen-bond acceptors (Lipinski definition) is 2. The molecule has 2 aliphatic heterocycles. The number of carbonyl (C=O) groups is 1. The minimum absolute atomic E-state index is 0.272. The highest BCUT2D eigenvalue weighted by Crippen LogP contribution is 2.42. The van der Waals surface area contributed by atoms with Gasteiger partial charge >= 0.3 is 0 Å². The van der Waals surface area contributed by atoms with Crippen molar-refractivity contribution in [3.8, 4) is 0 Å². The Morgan fingerprint density at radius 1 is 1.19 bits per heavy atom. The van der Waals surface area contributed by atoms with Gasteiger partial charge in [0.05, 0.1) is 12.6 Å². The number of para-hydroxylation sites is 1. The fourth-order valence-corrected chi connectivity index (χ4v) is 4.09. The van der Waals surface area contributed by atoms with Gasteiger partial charge in [0.2, 0.25) is 6.34 Å². The summed E-state index contributed by atoms with van der Waals surface area (Å²) in [7, 11) is 0. The van der Waals surface area contributed by atoms with E-state index in [-0.39, 0.29) is 5.92 Å². The molecule has 1 atom stereocenters. The molecular formula is C18H21N2O+. The monoisotopic (exact) mass is 281 g/mol. The molecule has 0 spiro atoms. The number of benzene rings is 1. The van der Waals surface area contributed by atoms with Gasteiger partial charge in [-0.3, -0.25) is 4.79 Å². The van der Waals surface area contributed by atoms with E-state index in [1.165, 1.54) is 36.2 Å². The van der Waals surface area contributed by atoms with Gasteiger partial charge in [0.15, 0.2) is 12.3 Å². The quantitative estimate of drug-likeness (QED) is 0.779. The number of carbonyl (C=O) groups excluding carboxylic acids is 1. The summed E-state index contributed by atoms with van der Waals surface area (Å²) >= 11 is 0.